The van der Waals surface area contributed by atoms with E-state index in [1.807, 2.05) is 24.1 Å². The number of carbonyl (C=O) groups is 1. The van der Waals surface area contributed by atoms with Crippen LogP contribution < -0.4 is 0 Å². The minimum atomic E-state index is 0.0252. The molecule has 24 heavy (non-hydrogen) atoms. The molecular weight excluding hydrogens is 298 g/mol. The van der Waals surface area contributed by atoms with Gasteiger partial charge < -0.3 is 10.0 Å². The number of hydrogen-bond acceptors (Lipinski definition) is 2. The molecule has 1 aliphatic rings. The first-order valence-corrected chi connectivity index (χ1v) is 8.42. The summed E-state index contributed by atoms with van der Waals surface area (Å²) >= 11 is 0. The quantitative estimate of drug-likeness (QED) is 0.910. The van der Waals surface area contributed by atoms with Gasteiger partial charge in [0.2, 0.25) is 5.91 Å². The molecule has 0 aliphatic heterocycles. The van der Waals surface area contributed by atoms with Gasteiger partial charge in [0.05, 0.1) is 6.42 Å². The number of amides is 1. The summed E-state index contributed by atoms with van der Waals surface area (Å²) in [5.74, 6) is 0.221. The van der Waals surface area contributed by atoms with Gasteiger partial charge in [-0.15, -0.1) is 0 Å². The van der Waals surface area contributed by atoms with Gasteiger partial charge in [-0.25, -0.2) is 0 Å². The number of phenolic OH excluding ortho intramolecular Hbond substituents is 1. The fourth-order valence-corrected chi connectivity index (χ4v) is 3.77. The molecule has 0 radical (unpaired) electrons. The Kier molecular flexibility index (Phi) is 4.12. The van der Waals surface area contributed by atoms with E-state index < -0.39 is 0 Å². The molecule has 126 valence electrons. The monoisotopic (exact) mass is 323 g/mol. The molecule has 2 aromatic rings. The number of rotatable bonds is 5. The van der Waals surface area contributed by atoms with Gasteiger partial charge in [0.1, 0.15) is 5.75 Å². The maximum absolute atomic E-state index is 12.6. The highest BCUT2D eigenvalue weighted by Gasteiger charge is 2.62. The Morgan fingerprint density at radius 2 is 1.67 bits per heavy atom. The number of carbonyl (C=O) groups excluding carboxylic acids is 1. The zero-order chi connectivity index (χ0) is 17.4. The molecule has 1 N–H and O–H groups in total. The lowest BCUT2D eigenvalue weighted by Gasteiger charge is -2.28. The van der Waals surface area contributed by atoms with Gasteiger partial charge in [-0.1, -0.05) is 62.4 Å². The minimum Gasteiger partial charge on any atom is -0.508 e. The van der Waals surface area contributed by atoms with Crippen LogP contribution in [0.1, 0.15) is 31.4 Å². The predicted molar refractivity (Wildman–Crippen MR) is 96.0 cm³/mol. The van der Waals surface area contributed by atoms with Crippen molar-refractivity contribution in [2.75, 3.05) is 13.6 Å². The van der Waals surface area contributed by atoms with Gasteiger partial charge in [0.25, 0.3) is 0 Å². The Morgan fingerprint density at radius 3 is 2.25 bits per heavy atom. The molecule has 1 aliphatic carbocycles. The average molecular weight is 323 g/mol. The van der Waals surface area contributed by atoms with Crippen LogP contribution in [0.3, 0.4) is 0 Å². The topological polar surface area (TPSA) is 40.5 Å². The van der Waals surface area contributed by atoms with E-state index in [1.54, 1.807) is 18.2 Å². The summed E-state index contributed by atoms with van der Waals surface area (Å²) < 4.78 is 0. The number of aromatic hydroxyl groups is 1. The van der Waals surface area contributed by atoms with Crippen molar-refractivity contribution in [3.05, 3.63) is 65.7 Å². The second-order valence-corrected chi connectivity index (χ2v) is 7.56. The van der Waals surface area contributed by atoms with Crippen molar-refractivity contribution < 1.29 is 9.90 Å². The Morgan fingerprint density at radius 1 is 1.08 bits per heavy atom. The molecular formula is C21H25NO2. The fourth-order valence-electron chi connectivity index (χ4n) is 3.77. The zero-order valence-electron chi connectivity index (χ0n) is 14.6. The molecule has 0 aromatic heterocycles. The van der Waals surface area contributed by atoms with E-state index in [9.17, 15) is 9.90 Å². The number of benzene rings is 2. The molecule has 1 saturated carbocycles. The van der Waals surface area contributed by atoms with Gasteiger partial charge in [-0.3, -0.25) is 4.79 Å². The van der Waals surface area contributed by atoms with Crippen LogP contribution in [0, 0.1) is 5.41 Å². The average Bonchev–Trinajstić information content (AvgIpc) is 3.12. The van der Waals surface area contributed by atoms with Gasteiger partial charge in [-0.2, -0.15) is 0 Å². The summed E-state index contributed by atoms with van der Waals surface area (Å²) in [5.41, 5.74) is 2.20. The lowest BCUT2D eigenvalue weighted by atomic mass is 9.87. The third kappa shape index (κ3) is 2.91. The zero-order valence-corrected chi connectivity index (χ0v) is 14.6. The van der Waals surface area contributed by atoms with Crippen LogP contribution in [0.2, 0.25) is 0 Å². The first-order chi connectivity index (χ1) is 11.4. The summed E-state index contributed by atoms with van der Waals surface area (Å²) in [6.07, 6.45) is 1.31. The van der Waals surface area contributed by atoms with Crippen molar-refractivity contribution in [1.82, 2.24) is 4.90 Å². The summed E-state index contributed by atoms with van der Waals surface area (Å²) in [6.45, 7) is 5.24. The lowest BCUT2D eigenvalue weighted by Crippen LogP contribution is -2.37. The second-order valence-electron chi connectivity index (χ2n) is 7.56. The van der Waals surface area contributed by atoms with E-state index in [2.05, 4.69) is 38.1 Å². The van der Waals surface area contributed by atoms with Crippen LogP contribution in [0.5, 0.6) is 5.75 Å². The third-order valence-corrected chi connectivity index (χ3v) is 5.51. The van der Waals surface area contributed by atoms with Crippen LogP contribution in [0.25, 0.3) is 0 Å². The molecule has 3 nitrogen and oxygen atoms in total. The molecule has 0 heterocycles. The Balaban J connectivity index is 1.75. The first-order valence-electron chi connectivity index (χ1n) is 8.42. The third-order valence-electron chi connectivity index (χ3n) is 5.51. The normalized spacial score (nSPS) is 21.3. The fraction of sp³-hybridized carbons (Fsp3) is 0.381. The molecule has 3 heteroatoms. The molecule has 1 amide bonds. The number of likely N-dealkylation sites (N-methyl/N-ethyl adjacent to an activating group) is 1. The summed E-state index contributed by atoms with van der Waals surface area (Å²) in [7, 11) is 1.86. The van der Waals surface area contributed by atoms with Crippen molar-refractivity contribution in [2.24, 2.45) is 5.41 Å². The number of phenols is 1. The summed E-state index contributed by atoms with van der Waals surface area (Å²) in [6, 6.07) is 17.5. The van der Waals surface area contributed by atoms with Crippen molar-refractivity contribution in [3.8, 4) is 5.75 Å². The van der Waals surface area contributed by atoms with E-state index >= 15 is 0 Å². The highest BCUT2D eigenvalue weighted by Crippen LogP contribution is 2.64. The van der Waals surface area contributed by atoms with E-state index in [0.29, 0.717) is 12.1 Å². The van der Waals surface area contributed by atoms with E-state index in [-0.39, 0.29) is 28.9 Å². The molecule has 1 atom stereocenters. The maximum atomic E-state index is 12.6. The van der Waals surface area contributed by atoms with Crippen molar-refractivity contribution in [3.63, 3.8) is 0 Å². The minimum absolute atomic E-state index is 0.0252. The SMILES string of the molecule is CN(CC1(c2ccccc2)CC1(C)C)C(=O)Cc1ccccc1O. The van der Waals surface area contributed by atoms with Crippen molar-refractivity contribution >= 4 is 5.91 Å². The molecule has 1 fully saturated rings. The summed E-state index contributed by atoms with van der Waals surface area (Å²) in [5, 5.41) is 9.88. The van der Waals surface area contributed by atoms with Crippen LogP contribution in [0.15, 0.2) is 54.6 Å². The van der Waals surface area contributed by atoms with Crippen molar-refractivity contribution in [2.45, 2.75) is 32.1 Å². The molecule has 2 aromatic carbocycles. The lowest BCUT2D eigenvalue weighted by molar-refractivity contribution is -0.129. The highest BCUT2D eigenvalue weighted by molar-refractivity contribution is 5.79. The summed E-state index contributed by atoms with van der Waals surface area (Å²) in [4.78, 5) is 14.4. The van der Waals surface area contributed by atoms with Crippen LogP contribution >= 0.6 is 0 Å². The highest BCUT2D eigenvalue weighted by atomic mass is 16.3. The smallest absolute Gasteiger partial charge is 0.226 e. The number of hydrogen-bond donors (Lipinski definition) is 1. The molecule has 1 unspecified atom stereocenters. The predicted octanol–water partition coefficient (Wildman–Crippen LogP) is 3.76. The maximum Gasteiger partial charge on any atom is 0.226 e. The van der Waals surface area contributed by atoms with Gasteiger partial charge in [0, 0.05) is 24.6 Å². The standard InChI is InChI=1S/C21H25NO2/c1-20(2)14-21(20,17-10-5-4-6-11-17)15-22(3)19(24)13-16-9-7-8-12-18(16)23/h4-12,23H,13-15H2,1-3H3. The molecule has 0 saturated heterocycles. The largest absolute Gasteiger partial charge is 0.508 e. The van der Waals surface area contributed by atoms with Crippen LogP contribution in [-0.2, 0) is 16.6 Å². The van der Waals surface area contributed by atoms with E-state index in [0.717, 1.165) is 6.42 Å². The van der Waals surface area contributed by atoms with Gasteiger partial charge >= 0.3 is 0 Å². The Bertz CT molecular complexity index is 739. The van der Waals surface area contributed by atoms with E-state index in [1.165, 1.54) is 5.56 Å². The van der Waals surface area contributed by atoms with Crippen molar-refractivity contribution in [1.29, 1.82) is 0 Å². The second kappa shape index (κ2) is 5.97. The Labute approximate surface area is 143 Å². The number of para-hydroxylation sites is 1. The van der Waals surface area contributed by atoms with E-state index in [4.69, 9.17) is 0 Å². The Hall–Kier alpha value is -2.29. The molecule has 0 bridgehead atoms. The van der Waals surface area contributed by atoms with Gasteiger partial charge in [0.15, 0.2) is 0 Å². The first kappa shape index (κ1) is 16.6. The van der Waals surface area contributed by atoms with Crippen LogP contribution in [0.4, 0.5) is 0 Å². The van der Waals surface area contributed by atoms with Gasteiger partial charge in [-0.05, 0) is 23.5 Å². The molecule has 0 spiro atoms. The number of nitrogens with zero attached hydrogens (tertiary/aromatic N) is 1. The van der Waals surface area contributed by atoms with Crippen LogP contribution in [-0.4, -0.2) is 29.5 Å². The molecule has 3 rings (SSSR count).